The number of benzene rings is 1. The van der Waals surface area contributed by atoms with Crippen LogP contribution in [0.2, 0.25) is 5.02 Å². The van der Waals surface area contributed by atoms with Gasteiger partial charge in [-0.05, 0) is 48.8 Å². The first-order valence-corrected chi connectivity index (χ1v) is 9.30. The van der Waals surface area contributed by atoms with Gasteiger partial charge in [-0.15, -0.1) is 0 Å². The third-order valence-corrected chi connectivity index (χ3v) is 5.35. The van der Waals surface area contributed by atoms with Crippen molar-refractivity contribution in [1.82, 2.24) is 0 Å². The van der Waals surface area contributed by atoms with E-state index in [1.807, 2.05) is 18.2 Å². The van der Waals surface area contributed by atoms with E-state index < -0.39 is 0 Å². The summed E-state index contributed by atoms with van der Waals surface area (Å²) in [5.74, 6) is -0.0713. The highest BCUT2D eigenvalue weighted by molar-refractivity contribution is 6.30. The zero-order valence-corrected chi connectivity index (χ0v) is 15.8. The second kappa shape index (κ2) is 6.80. The number of fused-ring (bicyclic) bond motifs is 1. The standard InChI is InChI=1S/C21H24ClNO2/c1-4-12-23-17-10-8-14(22)13-16(17)21(2,3)20(23)11-9-15-18(24)6-5-7-19(15)25/h8-11,13H,4-7,12H2,1-3H3. The molecule has 1 aliphatic heterocycles. The molecule has 4 heteroatoms. The van der Waals surface area contributed by atoms with Crippen LogP contribution in [-0.2, 0) is 15.0 Å². The van der Waals surface area contributed by atoms with Crippen molar-refractivity contribution in [1.29, 1.82) is 0 Å². The third-order valence-electron chi connectivity index (χ3n) is 5.12. The van der Waals surface area contributed by atoms with Crippen LogP contribution in [0.15, 0.2) is 41.6 Å². The van der Waals surface area contributed by atoms with E-state index >= 15 is 0 Å². The van der Waals surface area contributed by atoms with Crippen molar-refractivity contribution in [3.05, 3.63) is 52.2 Å². The van der Waals surface area contributed by atoms with E-state index in [1.54, 1.807) is 6.08 Å². The van der Waals surface area contributed by atoms with Crippen LogP contribution in [0.1, 0.15) is 52.0 Å². The number of Topliss-reactive ketones (excluding diaryl/α,β-unsaturated/α-hetero) is 2. The van der Waals surface area contributed by atoms with Crippen LogP contribution in [0.3, 0.4) is 0 Å². The lowest BCUT2D eigenvalue weighted by Crippen LogP contribution is -2.27. The lowest BCUT2D eigenvalue weighted by Gasteiger charge is -2.26. The van der Waals surface area contributed by atoms with Crippen LogP contribution < -0.4 is 4.90 Å². The quantitative estimate of drug-likeness (QED) is 0.565. The summed E-state index contributed by atoms with van der Waals surface area (Å²) in [6, 6.07) is 5.99. The average Bonchev–Trinajstić information content (AvgIpc) is 2.75. The van der Waals surface area contributed by atoms with Gasteiger partial charge in [-0.25, -0.2) is 0 Å². The highest BCUT2D eigenvalue weighted by atomic mass is 35.5. The molecular formula is C21H24ClNO2. The van der Waals surface area contributed by atoms with Gasteiger partial charge in [0.15, 0.2) is 11.6 Å². The molecule has 1 fully saturated rings. The van der Waals surface area contributed by atoms with Crippen LogP contribution >= 0.6 is 11.6 Å². The Morgan fingerprint density at radius 3 is 2.48 bits per heavy atom. The molecule has 1 aromatic carbocycles. The monoisotopic (exact) mass is 357 g/mol. The van der Waals surface area contributed by atoms with Gasteiger partial charge in [0, 0.05) is 41.2 Å². The number of carbonyl (C=O) groups excluding carboxylic acids is 2. The average molecular weight is 358 g/mol. The summed E-state index contributed by atoms with van der Waals surface area (Å²) in [4.78, 5) is 26.5. The Kier molecular flexibility index (Phi) is 4.88. The Labute approximate surface area is 154 Å². The minimum Gasteiger partial charge on any atom is -0.344 e. The fraction of sp³-hybridized carbons (Fsp3) is 0.429. The van der Waals surface area contributed by atoms with E-state index in [0.29, 0.717) is 24.8 Å². The minimum absolute atomic E-state index is 0.0356. The molecule has 0 saturated heterocycles. The largest absolute Gasteiger partial charge is 0.344 e. The van der Waals surface area contributed by atoms with Crippen molar-refractivity contribution in [2.45, 2.75) is 51.9 Å². The molecule has 1 saturated carbocycles. The Bertz CT molecular complexity index is 771. The Morgan fingerprint density at radius 1 is 1.16 bits per heavy atom. The number of carbonyl (C=O) groups is 2. The molecule has 0 atom stereocenters. The number of allylic oxidation sites excluding steroid dienone is 4. The smallest absolute Gasteiger partial charge is 0.166 e. The number of rotatable bonds is 3. The molecule has 0 spiro atoms. The van der Waals surface area contributed by atoms with E-state index in [0.717, 1.165) is 29.4 Å². The molecule has 25 heavy (non-hydrogen) atoms. The number of ketones is 2. The Balaban J connectivity index is 2.07. The van der Waals surface area contributed by atoms with E-state index in [-0.39, 0.29) is 17.0 Å². The molecule has 0 N–H and O–H groups in total. The van der Waals surface area contributed by atoms with E-state index in [1.165, 1.54) is 5.56 Å². The minimum atomic E-state index is -0.229. The zero-order valence-electron chi connectivity index (χ0n) is 15.1. The molecule has 0 radical (unpaired) electrons. The van der Waals surface area contributed by atoms with Crippen LogP contribution in [0.25, 0.3) is 0 Å². The van der Waals surface area contributed by atoms with Crippen molar-refractivity contribution in [2.24, 2.45) is 0 Å². The first-order chi connectivity index (χ1) is 11.9. The molecule has 0 unspecified atom stereocenters. The Morgan fingerprint density at radius 2 is 1.84 bits per heavy atom. The summed E-state index contributed by atoms with van der Waals surface area (Å²) < 4.78 is 0. The molecule has 1 aromatic rings. The second-order valence-corrected chi connectivity index (χ2v) is 7.71. The van der Waals surface area contributed by atoms with E-state index in [4.69, 9.17) is 11.6 Å². The number of hydrogen-bond acceptors (Lipinski definition) is 3. The molecule has 1 aliphatic carbocycles. The van der Waals surface area contributed by atoms with Crippen molar-refractivity contribution >= 4 is 28.9 Å². The number of anilines is 1. The highest BCUT2D eigenvalue weighted by Gasteiger charge is 2.39. The fourth-order valence-electron chi connectivity index (χ4n) is 3.79. The molecule has 0 amide bonds. The summed E-state index contributed by atoms with van der Waals surface area (Å²) in [6.07, 6.45) is 6.31. The van der Waals surface area contributed by atoms with Crippen LogP contribution in [0.4, 0.5) is 5.69 Å². The summed E-state index contributed by atoms with van der Waals surface area (Å²) in [6.45, 7) is 7.35. The van der Waals surface area contributed by atoms with Crippen molar-refractivity contribution in [3.63, 3.8) is 0 Å². The van der Waals surface area contributed by atoms with Crippen LogP contribution in [-0.4, -0.2) is 18.1 Å². The summed E-state index contributed by atoms with van der Waals surface area (Å²) in [7, 11) is 0. The maximum atomic E-state index is 12.1. The first kappa shape index (κ1) is 17.9. The number of hydrogen-bond donors (Lipinski definition) is 0. The van der Waals surface area contributed by atoms with Crippen molar-refractivity contribution in [3.8, 4) is 0 Å². The highest BCUT2D eigenvalue weighted by Crippen LogP contribution is 2.48. The molecule has 3 nitrogen and oxygen atoms in total. The molecule has 2 aliphatic rings. The topological polar surface area (TPSA) is 37.4 Å². The fourth-order valence-corrected chi connectivity index (χ4v) is 3.97. The van der Waals surface area contributed by atoms with Gasteiger partial charge in [-0.1, -0.05) is 32.4 Å². The van der Waals surface area contributed by atoms with Crippen molar-refractivity contribution < 1.29 is 9.59 Å². The lowest BCUT2D eigenvalue weighted by molar-refractivity contribution is -0.123. The van der Waals surface area contributed by atoms with Gasteiger partial charge in [-0.2, -0.15) is 0 Å². The third kappa shape index (κ3) is 3.18. The number of nitrogens with zero attached hydrogens (tertiary/aromatic N) is 1. The molecule has 0 aromatic heterocycles. The molecular weight excluding hydrogens is 334 g/mol. The first-order valence-electron chi connectivity index (χ1n) is 8.92. The molecule has 3 rings (SSSR count). The number of halogens is 1. The van der Waals surface area contributed by atoms with Gasteiger partial charge < -0.3 is 4.90 Å². The summed E-state index contributed by atoms with van der Waals surface area (Å²) in [5.41, 5.74) is 3.56. The maximum absolute atomic E-state index is 12.1. The predicted octanol–water partition coefficient (Wildman–Crippen LogP) is 4.98. The van der Waals surface area contributed by atoms with Gasteiger partial charge in [-0.3, -0.25) is 9.59 Å². The summed E-state index contributed by atoms with van der Waals surface area (Å²) >= 11 is 6.22. The van der Waals surface area contributed by atoms with Gasteiger partial charge >= 0.3 is 0 Å². The van der Waals surface area contributed by atoms with Gasteiger partial charge in [0.05, 0.1) is 5.57 Å². The Hall–Kier alpha value is -1.87. The van der Waals surface area contributed by atoms with Crippen LogP contribution in [0.5, 0.6) is 0 Å². The van der Waals surface area contributed by atoms with E-state index in [2.05, 4.69) is 31.7 Å². The van der Waals surface area contributed by atoms with E-state index in [9.17, 15) is 9.59 Å². The second-order valence-electron chi connectivity index (χ2n) is 7.27. The van der Waals surface area contributed by atoms with Gasteiger partial charge in [0.25, 0.3) is 0 Å². The summed E-state index contributed by atoms with van der Waals surface area (Å²) in [5, 5.41) is 0.723. The normalized spacial score (nSPS) is 21.0. The predicted molar refractivity (Wildman–Crippen MR) is 102 cm³/mol. The maximum Gasteiger partial charge on any atom is 0.166 e. The molecule has 132 valence electrons. The zero-order chi connectivity index (χ0) is 18.2. The van der Waals surface area contributed by atoms with Gasteiger partial charge in [0.1, 0.15) is 0 Å². The molecule has 1 heterocycles. The molecule has 0 bridgehead atoms. The SMILES string of the molecule is CCCN1C(=CC=C2C(=O)CCCC2=O)C(C)(C)c2cc(Cl)ccc21. The van der Waals surface area contributed by atoms with Crippen molar-refractivity contribution in [2.75, 3.05) is 11.4 Å². The van der Waals surface area contributed by atoms with Gasteiger partial charge in [0.2, 0.25) is 0 Å². The lowest BCUT2D eigenvalue weighted by atomic mass is 9.83. The van der Waals surface area contributed by atoms with Crippen LogP contribution in [0, 0.1) is 0 Å².